The second-order valence-corrected chi connectivity index (χ2v) is 5.54. The zero-order chi connectivity index (χ0) is 17.8. The van der Waals surface area contributed by atoms with E-state index in [4.69, 9.17) is 10.8 Å². The van der Waals surface area contributed by atoms with Crippen LogP contribution in [-0.4, -0.2) is 21.0 Å². The number of carbonyl (C=O) groups is 1. The number of rotatable bonds is 5. The molecule has 2 aromatic carbocycles. The van der Waals surface area contributed by atoms with Gasteiger partial charge in [0, 0.05) is 29.1 Å². The molecule has 25 heavy (non-hydrogen) atoms. The molecule has 0 saturated heterocycles. The van der Waals surface area contributed by atoms with Gasteiger partial charge in [-0.15, -0.1) is 0 Å². The molecule has 0 aliphatic heterocycles. The summed E-state index contributed by atoms with van der Waals surface area (Å²) in [6.07, 6.45) is 0. The maximum absolute atomic E-state index is 11.0. The van der Waals surface area contributed by atoms with Crippen LogP contribution in [0.1, 0.15) is 21.6 Å². The van der Waals surface area contributed by atoms with E-state index in [0.29, 0.717) is 18.2 Å². The Morgan fingerprint density at radius 3 is 2.36 bits per heavy atom. The van der Waals surface area contributed by atoms with Crippen molar-refractivity contribution >= 4 is 17.5 Å². The first-order valence-corrected chi connectivity index (χ1v) is 7.82. The minimum Gasteiger partial charge on any atom is -0.478 e. The summed E-state index contributed by atoms with van der Waals surface area (Å²) in [5, 5.41) is 12.2. The predicted molar refractivity (Wildman–Crippen MR) is 96.8 cm³/mol. The zero-order valence-corrected chi connectivity index (χ0v) is 13.7. The minimum absolute atomic E-state index is 0.230. The Morgan fingerprint density at radius 1 is 1.08 bits per heavy atom. The first-order chi connectivity index (χ1) is 12.1. The molecule has 6 heteroatoms. The van der Waals surface area contributed by atoms with Crippen LogP contribution in [0.4, 0.5) is 11.5 Å². The van der Waals surface area contributed by atoms with E-state index in [2.05, 4.69) is 15.3 Å². The molecule has 0 aliphatic carbocycles. The maximum atomic E-state index is 11.0. The number of hydrogen-bond donors (Lipinski definition) is 3. The molecule has 3 aromatic rings. The normalized spacial score (nSPS) is 10.5. The molecule has 0 saturated carbocycles. The summed E-state index contributed by atoms with van der Waals surface area (Å²) in [6, 6.07) is 16.2. The molecule has 0 atom stereocenters. The Bertz CT molecular complexity index is 893. The minimum atomic E-state index is -0.960. The molecule has 0 amide bonds. The predicted octanol–water partition coefficient (Wildman–Crippen LogP) is 3.35. The second-order valence-electron chi connectivity index (χ2n) is 5.54. The Hall–Kier alpha value is -3.25. The molecule has 0 bridgehead atoms. The first-order valence-electron chi connectivity index (χ1n) is 7.82. The molecule has 0 spiro atoms. The molecule has 6 nitrogen and oxygen atoms in total. The summed E-state index contributed by atoms with van der Waals surface area (Å²) in [4.78, 5) is 20.1. The third-order valence-electron chi connectivity index (χ3n) is 3.84. The van der Waals surface area contributed by atoms with Gasteiger partial charge in [0.1, 0.15) is 5.82 Å². The number of aromatic carboxylic acids is 1. The standard InChI is InChI=1S/C19H18N4O2/c1-12-16(11-20)18(22-15-9-7-14(8-10-15)19(24)25)23-17(21-12)13-5-3-2-4-6-13/h2-10H,11,20H2,1H3,(H,24,25)(H,21,22,23). The van der Waals surface area contributed by atoms with E-state index < -0.39 is 5.97 Å². The van der Waals surface area contributed by atoms with Gasteiger partial charge in [-0.25, -0.2) is 14.8 Å². The van der Waals surface area contributed by atoms with Crippen LogP contribution >= 0.6 is 0 Å². The Balaban J connectivity index is 1.99. The van der Waals surface area contributed by atoms with Crippen LogP contribution < -0.4 is 11.1 Å². The van der Waals surface area contributed by atoms with Crippen molar-refractivity contribution in [3.8, 4) is 11.4 Å². The smallest absolute Gasteiger partial charge is 0.335 e. The largest absolute Gasteiger partial charge is 0.478 e. The lowest BCUT2D eigenvalue weighted by Gasteiger charge is -2.14. The van der Waals surface area contributed by atoms with Crippen molar-refractivity contribution in [1.82, 2.24) is 9.97 Å². The van der Waals surface area contributed by atoms with Gasteiger partial charge in [0.05, 0.1) is 5.56 Å². The highest BCUT2D eigenvalue weighted by atomic mass is 16.4. The number of carboxylic acids is 1. The quantitative estimate of drug-likeness (QED) is 0.661. The van der Waals surface area contributed by atoms with E-state index >= 15 is 0 Å². The SMILES string of the molecule is Cc1nc(-c2ccccc2)nc(Nc2ccc(C(=O)O)cc2)c1CN. The van der Waals surface area contributed by atoms with Crippen LogP contribution in [0.2, 0.25) is 0 Å². The molecule has 0 aliphatic rings. The van der Waals surface area contributed by atoms with Gasteiger partial charge < -0.3 is 16.2 Å². The third kappa shape index (κ3) is 3.64. The molecule has 4 N–H and O–H groups in total. The number of aromatic nitrogens is 2. The van der Waals surface area contributed by atoms with Gasteiger partial charge in [0.2, 0.25) is 0 Å². The molecule has 1 heterocycles. The Kier molecular flexibility index (Phi) is 4.72. The summed E-state index contributed by atoms with van der Waals surface area (Å²) < 4.78 is 0. The van der Waals surface area contributed by atoms with Gasteiger partial charge in [-0.3, -0.25) is 0 Å². The molecule has 3 rings (SSSR count). The second kappa shape index (κ2) is 7.11. The van der Waals surface area contributed by atoms with Gasteiger partial charge in [0.15, 0.2) is 5.82 Å². The summed E-state index contributed by atoms with van der Waals surface area (Å²) in [5.41, 5.74) is 9.37. The van der Waals surface area contributed by atoms with Gasteiger partial charge in [0.25, 0.3) is 0 Å². The van der Waals surface area contributed by atoms with Crippen molar-refractivity contribution in [2.75, 3.05) is 5.32 Å². The fraction of sp³-hybridized carbons (Fsp3) is 0.105. The molecular weight excluding hydrogens is 316 g/mol. The van der Waals surface area contributed by atoms with Crippen molar-refractivity contribution in [3.63, 3.8) is 0 Å². The fourth-order valence-corrected chi connectivity index (χ4v) is 2.49. The fourth-order valence-electron chi connectivity index (χ4n) is 2.49. The number of benzene rings is 2. The average Bonchev–Trinajstić information content (AvgIpc) is 2.62. The Labute approximate surface area is 145 Å². The van der Waals surface area contributed by atoms with Gasteiger partial charge >= 0.3 is 5.97 Å². The monoisotopic (exact) mass is 334 g/mol. The third-order valence-corrected chi connectivity index (χ3v) is 3.84. The average molecular weight is 334 g/mol. The van der Waals surface area contributed by atoms with Crippen LogP contribution in [-0.2, 0) is 6.54 Å². The summed E-state index contributed by atoms with van der Waals surface area (Å²) >= 11 is 0. The highest BCUT2D eigenvalue weighted by Crippen LogP contribution is 2.25. The summed E-state index contributed by atoms with van der Waals surface area (Å²) in [5.74, 6) is 0.273. The molecular formula is C19H18N4O2. The number of nitrogens with one attached hydrogen (secondary N) is 1. The Morgan fingerprint density at radius 2 is 1.76 bits per heavy atom. The lowest BCUT2D eigenvalue weighted by atomic mass is 10.1. The number of aryl methyl sites for hydroxylation is 1. The number of nitrogens with two attached hydrogens (primary N) is 1. The van der Waals surface area contributed by atoms with Gasteiger partial charge in [-0.05, 0) is 31.2 Å². The number of carboxylic acid groups (broad SMARTS) is 1. The van der Waals surface area contributed by atoms with Crippen LogP contribution in [0.3, 0.4) is 0 Å². The van der Waals surface area contributed by atoms with Crippen LogP contribution in [0, 0.1) is 6.92 Å². The van der Waals surface area contributed by atoms with Crippen molar-refractivity contribution in [1.29, 1.82) is 0 Å². The molecule has 0 fully saturated rings. The van der Waals surface area contributed by atoms with Crippen molar-refractivity contribution in [3.05, 3.63) is 71.4 Å². The number of anilines is 2. The van der Waals surface area contributed by atoms with E-state index in [9.17, 15) is 4.79 Å². The van der Waals surface area contributed by atoms with Crippen LogP contribution in [0.15, 0.2) is 54.6 Å². The summed E-state index contributed by atoms with van der Waals surface area (Å²) in [7, 11) is 0. The molecule has 0 unspecified atom stereocenters. The van der Waals surface area contributed by atoms with Crippen molar-refractivity contribution < 1.29 is 9.90 Å². The molecule has 126 valence electrons. The topological polar surface area (TPSA) is 101 Å². The van der Waals surface area contributed by atoms with Crippen LogP contribution in [0.25, 0.3) is 11.4 Å². The maximum Gasteiger partial charge on any atom is 0.335 e. The van der Waals surface area contributed by atoms with Crippen molar-refractivity contribution in [2.45, 2.75) is 13.5 Å². The van der Waals surface area contributed by atoms with Gasteiger partial charge in [-0.2, -0.15) is 0 Å². The highest BCUT2D eigenvalue weighted by Gasteiger charge is 2.12. The first kappa shape index (κ1) is 16.6. The van der Waals surface area contributed by atoms with Crippen LogP contribution in [0.5, 0.6) is 0 Å². The van der Waals surface area contributed by atoms with E-state index in [1.807, 2.05) is 37.3 Å². The van der Waals surface area contributed by atoms with E-state index in [-0.39, 0.29) is 5.56 Å². The molecule has 1 aromatic heterocycles. The lowest BCUT2D eigenvalue weighted by molar-refractivity contribution is 0.0697. The highest BCUT2D eigenvalue weighted by molar-refractivity contribution is 5.88. The van der Waals surface area contributed by atoms with E-state index in [1.165, 1.54) is 0 Å². The number of nitrogens with zero attached hydrogens (tertiary/aromatic N) is 2. The van der Waals surface area contributed by atoms with Crippen molar-refractivity contribution in [2.24, 2.45) is 5.73 Å². The van der Waals surface area contributed by atoms with E-state index in [1.54, 1.807) is 24.3 Å². The lowest BCUT2D eigenvalue weighted by Crippen LogP contribution is -2.09. The van der Waals surface area contributed by atoms with Gasteiger partial charge in [-0.1, -0.05) is 30.3 Å². The van der Waals surface area contributed by atoms with E-state index in [0.717, 1.165) is 22.5 Å². The molecule has 0 radical (unpaired) electrons. The summed E-state index contributed by atoms with van der Waals surface area (Å²) in [6.45, 7) is 2.20. The zero-order valence-electron chi connectivity index (χ0n) is 13.7. The number of hydrogen-bond acceptors (Lipinski definition) is 5.